The second-order valence-corrected chi connectivity index (χ2v) is 10.3. The van der Waals surface area contributed by atoms with Gasteiger partial charge in [0.1, 0.15) is 34.9 Å². The van der Waals surface area contributed by atoms with Crippen LogP contribution in [-0.4, -0.2) is 56.1 Å². The van der Waals surface area contributed by atoms with Gasteiger partial charge in [-0.3, -0.25) is 14.9 Å². The van der Waals surface area contributed by atoms with E-state index in [9.17, 15) is 19.6 Å². The van der Waals surface area contributed by atoms with Crippen LogP contribution in [0.4, 0.5) is 5.88 Å². The number of furan rings is 1. The van der Waals surface area contributed by atoms with Gasteiger partial charge in [0, 0.05) is 17.7 Å². The zero-order chi connectivity index (χ0) is 29.6. The zero-order valence-corrected chi connectivity index (χ0v) is 23.7. The van der Waals surface area contributed by atoms with E-state index in [4.69, 9.17) is 18.6 Å². The average molecular weight is 586 g/mol. The molecule has 3 heterocycles. The number of anilines is 1. The summed E-state index contributed by atoms with van der Waals surface area (Å²) in [5, 5.41) is 14.5. The summed E-state index contributed by atoms with van der Waals surface area (Å²) in [6, 6.07) is 19.0. The minimum atomic E-state index is -0.769. The second kappa shape index (κ2) is 12.6. The van der Waals surface area contributed by atoms with Crippen LogP contribution in [0.2, 0.25) is 0 Å². The average Bonchev–Trinajstić information content (AvgIpc) is 3.80. The van der Waals surface area contributed by atoms with Crippen molar-refractivity contribution in [2.75, 3.05) is 32.7 Å². The van der Waals surface area contributed by atoms with Gasteiger partial charge in [-0.2, -0.15) is 5.26 Å². The fraction of sp³-hybridized carbons (Fsp3) is 0.226. The van der Waals surface area contributed by atoms with Crippen LogP contribution in [0.25, 0.3) is 22.5 Å². The van der Waals surface area contributed by atoms with Crippen LogP contribution in [0.15, 0.2) is 70.5 Å². The molecular formula is C31H27N3O7S. The molecule has 1 aliphatic rings. The van der Waals surface area contributed by atoms with Crippen LogP contribution in [0, 0.1) is 11.3 Å². The zero-order valence-electron chi connectivity index (χ0n) is 22.9. The first-order valence-electron chi connectivity index (χ1n) is 13.1. The van der Waals surface area contributed by atoms with Gasteiger partial charge in [-0.1, -0.05) is 18.2 Å². The van der Waals surface area contributed by atoms with Crippen molar-refractivity contribution in [1.29, 1.82) is 5.26 Å². The SMILES string of the molecule is COc1ccc(-c2oc(NC(=O)COC(=O)C3CCCN3C(=O)c3cccs3)c(C#N)c2-c2ccc(OC)cc2)cc1. The summed E-state index contributed by atoms with van der Waals surface area (Å²) in [5.41, 5.74) is 1.91. The quantitative estimate of drug-likeness (QED) is 0.260. The largest absolute Gasteiger partial charge is 0.497 e. The lowest BCUT2D eigenvalue weighted by Crippen LogP contribution is -2.41. The van der Waals surface area contributed by atoms with Crippen molar-refractivity contribution in [3.63, 3.8) is 0 Å². The Balaban J connectivity index is 1.35. The Hall–Kier alpha value is -5.08. The van der Waals surface area contributed by atoms with E-state index in [1.165, 1.54) is 16.2 Å². The molecule has 0 saturated carbocycles. The minimum Gasteiger partial charge on any atom is -0.497 e. The van der Waals surface area contributed by atoms with Crippen molar-refractivity contribution in [3.05, 3.63) is 76.5 Å². The monoisotopic (exact) mass is 585 g/mol. The van der Waals surface area contributed by atoms with Crippen molar-refractivity contribution >= 4 is 35.0 Å². The summed E-state index contributed by atoms with van der Waals surface area (Å²) in [6.45, 7) is -0.180. The number of hydrogen-bond acceptors (Lipinski definition) is 9. The van der Waals surface area contributed by atoms with Crippen LogP contribution < -0.4 is 14.8 Å². The molecule has 0 aliphatic carbocycles. The molecule has 1 saturated heterocycles. The van der Waals surface area contributed by atoms with Gasteiger partial charge in [-0.05, 0) is 66.2 Å². The molecule has 0 radical (unpaired) electrons. The highest BCUT2D eigenvalue weighted by Gasteiger charge is 2.36. The molecule has 1 N–H and O–H groups in total. The molecule has 214 valence electrons. The van der Waals surface area contributed by atoms with E-state index in [1.54, 1.807) is 80.3 Å². The highest BCUT2D eigenvalue weighted by molar-refractivity contribution is 7.12. The van der Waals surface area contributed by atoms with E-state index in [2.05, 4.69) is 11.4 Å². The molecular weight excluding hydrogens is 558 g/mol. The van der Waals surface area contributed by atoms with Gasteiger partial charge in [0.2, 0.25) is 5.88 Å². The number of benzene rings is 2. The number of likely N-dealkylation sites (tertiary alicyclic amines) is 1. The van der Waals surface area contributed by atoms with Gasteiger partial charge < -0.3 is 23.5 Å². The van der Waals surface area contributed by atoms with Gasteiger partial charge in [0.25, 0.3) is 11.8 Å². The predicted octanol–water partition coefficient (Wildman–Crippen LogP) is 5.35. The van der Waals surface area contributed by atoms with E-state index in [0.717, 1.165) is 0 Å². The van der Waals surface area contributed by atoms with E-state index in [0.29, 0.717) is 58.2 Å². The summed E-state index contributed by atoms with van der Waals surface area (Å²) in [5.74, 6) is -0.0214. The normalized spacial score (nSPS) is 14.2. The van der Waals surface area contributed by atoms with Crippen LogP contribution in [0.1, 0.15) is 28.1 Å². The Bertz CT molecular complexity index is 1620. The highest BCUT2D eigenvalue weighted by Crippen LogP contribution is 2.42. The van der Waals surface area contributed by atoms with E-state index < -0.39 is 24.5 Å². The predicted molar refractivity (Wildman–Crippen MR) is 155 cm³/mol. The topological polar surface area (TPSA) is 131 Å². The Kier molecular flexibility index (Phi) is 8.55. The van der Waals surface area contributed by atoms with Gasteiger partial charge in [-0.15, -0.1) is 11.3 Å². The first-order valence-corrected chi connectivity index (χ1v) is 14.0. The Morgan fingerprint density at radius 2 is 1.69 bits per heavy atom. The summed E-state index contributed by atoms with van der Waals surface area (Å²) < 4.78 is 21.9. The number of nitrogens with one attached hydrogen (secondary N) is 1. The van der Waals surface area contributed by atoms with E-state index >= 15 is 0 Å². The van der Waals surface area contributed by atoms with Crippen molar-refractivity contribution < 1.29 is 33.0 Å². The lowest BCUT2D eigenvalue weighted by molar-refractivity contribution is -0.151. The Morgan fingerprint density at radius 3 is 2.29 bits per heavy atom. The van der Waals surface area contributed by atoms with Crippen LogP contribution in [0.3, 0.4) is 0 Å². The number of nitriles is 1. The molecule has 2 amide bonds. The second-order valence-electron chi connectivity index (χ2n) is 9.37. The Morgan fingerprint density at radius 1 is 1.02 bits per heavy atom. The number of thiophene rings is 1. The third-order valence-electron chi connectivity index (χ3n) is 6.87. The number of hydrogen-bond donors (Lipinski definition) is 1. The van der Waals surface area contributed by atoms with Crippen molar-refractivity contribution in [2.24, 2.45) is 0 Å². The maximum Gasteiger partial charge on any atom is 0.329 e. The van der Waals surface area contributed by atoms with Crippen molar-refractivity contribution in [1.82, 2.24) is 4.90 Å². The first kappa shape index (κ1) is 28.4. The fourth-order valence-corrected chi connectivity index (χ4v) is 5.48. The minimum absolute atomic E-state index is 0.0782. The molecule has 0 bridgehead atoms. The van der Waals surface area contributed by atoms with Crippen LogP contribution in [-0.2, 0) is 14.3 Å². The number of methoxy groups -OCH3 is 2. The molecule has 1 aliphatic heterocycles. The molecule has 11 heteroatoms. The number of esters is 1. The molecule has 2 aromatic carbocycles. The van der Waals surface area contributed by atoms with Gasteiger partial charge in [0.15, 0.2) is 6.61 Å². The number of rotatable bonds is 9. The molecule has 0 spiro atoms. The third kappa shape index (κ3) is 5.84. The van der Waals surface area contributed by atoms with Gasteiger partial charge in [-0.25, -0.2) is 4.79 Å². The Labute approximate surface area is 246 Å². The standard InChI is InChI=1S/C31H27N3O7S/c1-38-21-11-7-19(8-12-21)27-23(17-32)29(41-28(27)20-9-13-22(39-2)14-10-20)33-26(35)18-40-31(37)24-5-3-15-34(24)30(36)25-6-4-16-42-25/h4,6-14,16,24H,3,5,15,18H2,1-2H3,(H,33,35). The highest BCUT2D eigenvalue weighted by atomic mass is 32.1. The molecule has 42 heavy (non-hydrogen) atoms. The lowest BCUT2D eigenvalue weighted by Gasteiger charge is -2.22. The van der Waals surface area contributed by atoms with Crippen molar-refractivity contribution in [3.8, 4) is 40.0 Å². The van der Waals surface area contributed by atoms with Gasteiger partial charge >= 0.3 is 5.97 Å². The molecule has 10 nitrogen and oxygen atoms in total. The maximum atomic E-state index is 12.9. The van der Waals surface area contributed by atoms with Gasteiger partial charge in [0.05, 0.1) is 19.1 Å². The molecule has 1 fully saturated rings. The van der Waals surface area contributed by atoms with Crippen LogP contribution in [0.5, 0.6) is 11.5 Å². The first-order chi connectivity index (χ1) is 20.4. The number of amides is 2. The number of carbonyl (C=O) groups is 3. The third-order valence-corrected chi connectivity index (χ3v) is 7.72. The number of ether oxygens (including phenoxy) is 3. The molecule has 5 rings (SSSR count). The smallest absolute Gasteiger partial charge is 0.329 e. The number of nitrogens with zero attached hydrogens (tertiary/aromatic N) is 2. The van der Waals surface area contributed by atoms with E-state index in [1.807, 2.05) is 0 Å². The maximum absolute atomic E-state index is 12.9. The molecule has 1 unspecified atom stereocenters. The summed E-state index contributed by atoms with van der Waals surface area (Å²) >= 11 is 1.30. The lowest BCUT2D eigenvalue weighted by atomic mass is 9.98. The molecule has 2 aromatic heterocycles. The summed E-state index contributed by atoms with van der Waals surface area (Å²) in [4.78, 5) is 40.6. The fourth-order valence-electron chi connectivity index (χ4n) is 4.80. The van der Waals surface area contributed by atoms with Crippen LogP contribution >= 0.6 is 11.3 Å². The summed E-state index contributed by atoms with van der Waals surface area (Å²) in [7, 11) is 3.12. The van der Waals surface area contributed by atoms with E-state index in [-0.39, 0.29) is 17.4 Å². The molecule has 4 aromatic rings. The summed E-state index contributed by atoms with van der Waals surface area (Å²) in [6.07, 6.45) is 1.11. The number of carbonyl (C=O) groups excluding carboxylic acids is 3. The van der Waals surface area contributed by atoms with Crippen molar-refractivity contribution in [2.45, 2.75) is 18.9 Å². The molecule has 1 atom stereocenters.